The van der Waals surface area contributed by atoms with Gasteiger partial charge in [-0.2, -0.15) is 19.9 Å². The number of carbonyl (C=O) groups is 4. The fourth-order valence-electron chi connectivity index (χ4n) is 28.3. The number of likely N-dealkylation sites (tertiary alicyclic amines) is 1. The number of morpholine rings is 1. The van der Waals surface area contributed by atoms with Crippen molar-refractivity contribution in [3.8, 4) is 0 Å². The second-order valence-electron chi connectivity index (χ2n) is 46.9. The first-order valence-corrected chi connectivity index (χ1v) is 56.9. The number of pyridine rings is 4. The molecule has 4 N–H and O–H groups in total. The largest absolute Gasteiger partial charge is 0.379 e. The van der Waals surface area contributed by atoms with Crippen LogP contribution in [0.2, 0.25) is 0 Å². The van der Waals surface area contributed by atoms with Crippen molar-refractivity contribution in [1.29, 1.82) is 0 Å². The quantitative estimate of drug-likeness (QED) is 0.0698. The molecule has 27 rings (SSSR count). The van der Waals surface area contributed by atoms with Crippen molar-refractivity contribution >= 4 is 137 Å². The topological polar surface area (TPSA) is 326 Å². The molecule has 150 heavy (non-hydrogen) atoms. The summed E-state index contributed by atoms with van der Waals surface area (Å²) in [6, 6.07) is 27.4. The van der Waals surface area contributed by atoms with Crippen LogP contribution in [0.3, 0.4) is 0 Å². The van der Waals surface area contributed by atoms with Crippen LogP contribution in [0.1, 0.15) is 315 Å². The highest BCUT2D eigenvalue weighted by Crippen LogP contribution is 2.52. The maximum Gasteiger partial charge on any atom is 0.230 e. The number of piperazine rings is 2. The van der Waals surface area contributed by atoms with Gasteiger partial charge in [-0.3, -0.25) is 33.9 Å². The first kappa shape index (κ1) is 101. The summed E-state index contributed by atoms with van der Waals surface area (Å²) in [5, 5.41) is 17.0. The zero-order chi connectivity index (χ0) is 101. The highest BCUT2D eigenvalue weighted by atomic mass is 16.5. The molecule has 792 valence electrons. The van der Waals surface area contributed by atoms with E-state index in [0.29, 0.717) is 61.6 Å². The summed E-state index contributed by atoms with van der Waals surface area (Å²) >= 11 is 0. The zero-order valence-corrected chi connectivity index (χ0v) is 88.2. The van der Waals surface area contributed by atoms with E-state index in [1.165, 1.54) is 147 Å². The molecule has 0 unspecified atom stereocenters. The van der Waals surface area contributed by atoms with Crippen LogP contribution in [0.5, 0.6) is 0 Å². The summed E-state index contributed by atoms with van der Waals surface area (Å²) < 4.78 is 14.6. The normalized spacial score (nSPS) is 22.3. The van der Waals surface area contributed by atoms with Crippen molar-refractivity contribution in [3.63, 3.8) is 0 Å². The lowest BCUT2D eigenvalue weighted by atomic mass is 9.75. The van der Waals surface area contributed by atoms with Crippen LogP contribution < -0.4 is 40.9 Å². The number of ether oxygens (including phenoxy) is 1. The first-order chi connectivity index (χ1) is 72.7. The van der Waals surface area contributed by atoms with E-state index >= 15 is 0 Å². The molecule has 10 aliphatic heterocycles. The lowest BCUT2D eigenvalue weighted by Crippen LogP contribution is -2.60. The van der Waals surface area contributed by atoms with Crippen LogP contribution in [0.25, 0.3) is 44.1 Å². The SMILES string of the molecule is C.CC(C)N1CCN(c2ccc(Nc3ncc4cc5n(c4n3)C3(CCCCC3)CCC5=O)nc2)CC1.CC1(C)CN(c2ccc(Nc3ncc4cc5n(c4n3)C3(CCCCC3)CCC5=O)nc2)CCN1C1CC1.CC1CCN(C2CCN(c3ccc(Nc4ncc5cc6n(c5n4)C4(CCCCC4)CCC6=O)nc3)CC2)CC1.O=C1CCC2(CCCCC2)n2c1cc1cnc(Nc3ccc(N4CCC(N5CCOCC5)CC4)cn3)nc12. The summed E-state index contributed by atoms with van der Waals surface area (Å²) in [5.41, 5.74) is 11.6. The second kappa shape index (κ2) is 42.9. The minimum absolute atomic E-state index is 0. The van der Waals surface area contributed by atoms with E-state index in [2.05, 4.69) is 168 Å². The van der Waals surface area contributed by atoms with Crippen molar-refractivity contribution in [3.05, 3.63) is 145 Å². The summed E-state index contributed by atoms with van der Waals surface area (Å²) in [5.74, 6) is 6.81. The third kappa shape index (κ3) is 20.6. The highest BCUT2D eigenvalue weighted by Gasteiger charge is 2.49. The number of carbonyl (C=O) groups excluding carboxylic acids is 4. The van der Waals surface area contributed by atoms with Crippen molar-refractivity contribution in [2.24, 2.45) is 5.92 Å². The minimum Gasteiger partial charge on any atom is -0.379 e. The van der Waals surface area contributed by atoms with Gasteiger partial charge in [0.2, 0.25) is 23.8 Å². The van der Waals surface area contributed by atoms with Crippen molar-refractivity contribution < 1.29 is 23.9 Å². The molecular weight excluding hydrogens is 1880 g/mol. The summed E-state index contributed by atoms with van der Waals surface area (Å²) in [4.78, 5) is 128. The summed E-state index contributed by atoms with van der Waals surface area (Å²) in [6.45, 7) is 29.6. The summed E-state index contributed by atoms with van der Waals surface area (Å²) in [6.07, 6.45) is 55.4. The Morgan fingerprint density at radius 2 is 0.620 bits per heavy atom. The van der Waals surface area contributed by atoms with Gasteiger partial charge in [0, 0.05) is 209 Å². The molecule has 12 aromatic rings. The van der Waals surface area contributed by atoms with Crippen molar-refractivity contribution in [2.45, 2.75) is 325 Å². The molecule has 15 aliphatic rings. The van der Waals surface area contributed by atoms with Gasteiger partial charge in [0.25, 0.3) is 0 Å². The number of Topliss-reactive ketones (excluding diaryl/α,β-unsaturated/α-hetero) is 4. The molecule has 11 fully saturated rings. The average molecular weight is 2030 g/mol. The molecule has 22 heterocycles. The Hall–Kier alpha value is -12.0. The molecule has 6 saturated heterocycles. The predicted octanol–water partition coefficient (Wildman–Crippen LogP) is 21.1. The fourth-order valence-corrected chi connectivity index (χ4v) is 28.3. The van der Waals surface area contributed by atoms with Gasteiger partial charge in [-0.15, -0.1) is 0 Å². The Kier molecular flexibility index (Phi) is 28.9. The predicted molar refractivity (Wildman–Crippen MR) is 593 cm³/mol. The second-order valence-corrected chi connectivity index (χ2v) is 46.9. The fraction of sp³-hybridized carbons (Fsp3) is 0.590. The number of ketones is 4. The number of hydrogen-bond acceptors (Lipinski definition) is 29. The highest BCUT2D eigenvalue weighted by molar-refractivity contribution is 6.03. The lowest BCUT2D eigenvalue weighted by molar-refractivity contribution is 0.0115. The smallest absolute Gasteiger partial charge is 0.230 e. The van der Waals surface area contributed by atoms with E-state index in [-0.39, 0.29) is 58.3 Å². The Morgan fingerprint density at radius 3 is 0.913 bits per heavy atom. The molecule has 12 aromatic heterocycles. The molecule has 0 amide bonds. The van der Waals surface area contributed by atoms with E-state index < -0.39 is 0 Å². The Morgan fingerprint density at radius 1 is 0.320 bits per heavy atom. The van der Waals surface area contributed by atoms with E-state index in [1.54, 1.807) is 0 Å². The van der Waals surface area contributed by atoms with E-state index in [4.69, 9.17) is 34.6 Å². The molecule has 0 radical (unpaired) electrons. The maximum absolute atomic E-state index is 12.8. The molecule has 0 atom stereocenters. The first-order valence-electron chi connectivity index (χ1n) is 56.9. The van der Waals surface area contributed by atoms with Crippen LogP contribution in [-0.4, -0.2) is 262 Å². The van der Waals surface area contributed by atoms with Gasteiger partial charge in [-0.05, 0) is 248 Å². The lowest BCUT2D eigenvalue weighted by Gasteiger charge is -2.48. The monoisotopic (exact) mass is 2030 g/mol. The molecule has 0 aromatic carbocycles. The molecule has 5 saturated carbocycles. The van der Waals surface area contributed by atoms with Gasteiger partial charge in [0.1, 0.15) is 45.9 Å². The van der Waals surface area contributed by atoms with Crippen molar-refractivity contribution in [1.82, 2.24) is 97.7 Å². The van der Waals surface area contributed by atoms with Gasteiger partial charge >= 0.3 is 0 Å². The van der Waals surface area contributed by atoms with Crippen molar-refractivity contribution in [2.75, 3.05) is 152 Å². The Bertz CT molecular complexity index is 6800. The Labute approximate surface area is 881 Å². The maximum atomic E-state index is 12.8. The molecular formula is C117H154N28O5. The number of piperidine rings is 3. The van der Waals surface area contributed by atoms with Crippen LogP contribution >= 0.6 is 0 Å². The van der Waals surface area contributed by atoms with Crippen LogP contribution in [0, 0.1) is 5.92 Å². The number of nitrogens with zero attached hydrogens (tertiary/aromatic N) is 24. The minimum atomic E-state index is 0. The van der Waals surface area contributed by atoms with Gasteiger partial charge < -0.3 is 68.8 Å². The molecule has 0 bridgehead atoms. The number of hydrogen-bond donors (Lipinski definition) is 4. The molecule has 5 aliphatic carbocycles. The van der Waals surface area contributed by atoms with Gasteiger partial charge in [-0.25, -0.2) is 39.9 Å². The van der Waals surface area contributed by atoms with Gasteiger partial charge in [0.05, 0.1) is 83.5 Å². The number of rotatable bonds is 16. The van der Waals surface area contributed by atoms with Crippen LogP contribution in [0.4, 0.5) is 69.8 Å². The van der Waals surface area contributed by atoms with Crippen LogP contribution in [-0.2, 0) is 26.9 Å². The average Bonchev–Trinajstić information content (AvgIpc) is 1.58. The standard InChI is InChI=1S/C31H41N7O.C29H37N7O2.C29H37N7O.C27H35N7O.CH4/c1-22-8-15-36(16-9-22)24-10-17-37(18-11-24)25-5-6-28(32-21-25)34-30-33-20-23-19-26-27(39)7-14-31(12-3-2-4-13-31)38(26)29(23)35-30;37-25-6-11-29(9-2-1-3-10-29)36-24(25)18-21-19-31-28(33-27(21)36)32-26-5-4-23(20-30-26)34-12-7-22(8-13-34)35-14-16-38-17-15-35;1-28(2)19-34(14-15-35(28)21-6-7-21)22-8-9-25(30-18-22)32-27-31-17-20-16-23-24(37)10-13-29(11-4-3-5-12-29)36(23)26(20)33-27;1-19(2)32-12-14-33(15-13-32)21-6-7-24(28-18-21)30-26-29-17-20-16-22-23(35)8-11-27(9-4-3-5-10-27)34(22)25(20)31-26;/h5-6,19-22,24H,2-4,7-18H2,1H3,(H,32,33,34,35);4-5,18-20,22H,1-3,6-17H2,(H,30,31,32,33);8-9,16-18,21H,3-7,10-15,19H2,1-2H3,(H,30,31,32,33);6-7,16-19H,3-5,8-15H2,1-2H3,(H,28,29,30,31);1H4. The number of aromatic nitrogens is 16. The number of anilines is 12. The van der Waals surface area contributed by atoms with Crippen LogP contribution in [0.15, 0.2) is 122 Å². The third-order valence-corrected chi connectivity index (χ3v) is 36.8. The summed E-state index contributed by atoms with van der Waals surface area (Å²) in [7, 11) is 0. The Balaban J connectivity index is 0.000000109. The van der Waals surface area contributed by atoms with Gasteiger partial charge in [0.15, 0.2) is 23.1 Å². The van der Waals surface area contributed by atoms with Gasteiger partial charge in [-0.1, -0.05) is 91.4 Å². The van der Waals surface area contributed by atoms with E-state index in [1.807, 2.05) is 98.1 Å². The molecule has 33 heteroatoms. The van der Waals surface area contributed by atoms with E-state index in [9.17, 15) is 19.2 Å². The molecule has 33 nitrogen and oxygen atoms in total. The van der Waals surface area contributed by atoms with E-state index in [0.717, 1.165) is 301 Å². The third-order valence-electron chi connectivity index (χ3n) is 36.8. The number of nitrogens with one attached hydrogen (secondary N) is 4. The number of fused-ring (bicyclic) bond motifs is 16. The zero-order valence-electron chi connectivity index (χ0n) is 88.2. The molecule has 4 spiro atoms.